The molecule has 0 aliphatic heterocycles. The molecule has 0 spiro atoms. The summed E-state index contributed by atoms with van der Waals surface area (Å²) in [5.41, 5.74) is 0.822. The van der Waals surface area contributed by atoms with E-state index >= 15 is 0 Å². The van der Waals surface area contributed by atoms with Crippen molar-refractivity contribution in [3.8, 4) is 5.75 Å². The lowest BCUT2D eigenvalue weighted by molar-refractivity contribution is 0.412. The smallest absolute Gasteiger partial charge is 0.224 e. The van der Waals surface area contributed by atoms with Crippen molar-refractivity contribution in [2.75, 3.05) is 24.8 Å². The van der Waals surface area contributed by atoms with Crippen LogP contribution < -0.4 is 15.4 Å². The molecule has 0 radical (unpaired) electrons. The molecule has 2 aromatic rings. The van der Waals surface area contributed by atoms with Gasteiger partial charge >= 0.3 is 0 Å². The van der Waals surface area contributed by atoms with Gasteiger partial charge in [-0.3, -0.25) is 0 Å². The number of ether oxygens (including phenoxy) is 1. The van der Waals surface area contributed by atoms with Crippen LogP contribution in [0.3, 0.4) is 0 Å². The second kappa shape index (κ2) is 6.08. The highest BCUT2D eigenvalue weighted by Gasteiger charge is 2.07. The Morgan fingerprint density at radius 3 is 2.84 bits per heavy atom. The van der Waals surface area contributed by atoms with Crippen LogP contribution in [0.1, 0.15) is 0 Å². The third-order valence-electron chi connectivity index (χ3n) is 2.38. The van der Waals surface area contributed by atoms with Gasteiger partial charge in [-0.25, -0.2) is 4.98 Å². The first-order valence-corrected chi connectivity index (χ1v) is 6.62. The number of nitrogens with zero attached hydrogens (tertiary/aromatic N) is 2. The predicted molar refractivity (Wildman–Crippen MR) is 80.6 cm³/mol. The van der Waals surface area contributed by atoms with Crippen molar-refractivity contribution in [2.24, 2.45) is 0 Å². The average Bonchev–Trinajstić information content (AvgIpc) is 2.43. The van der Waals surface area contributed by atoms with E-state index in [-0.39, 0.29) is 0 Å². The van der Waals surface area contributed by atoms with Crippen LogP contribution in [0.4, 0.5) is 17.5 Å². The zero-order valence-electron chi connectivity index (χ0n) is 10.4. The Bertz CT molecular complexity index is 594. The normalized spacial score (nSPS) is 10.1. The van der Waals surface area contributed by atoms with E-state index in [2.05, 4.69) is 36.5 Å². The molecule has 0 aliphatic rings. The summed E-state index contributed by atoms with van der Waals surface area (Å²) in [6.07, 6.45) is 1.54. The molecule has 0 saturated carbocycles. The lowest BCUT2D eigenvalue weighted by atomic mass is 10.3. The Hall–Kier alpha value is -1.53. The summed E-state index contributed by atoms with van der Waals surface area (Å²) in [4.78, 5) is 8.27. The molecule has 5 nitrogen and oxygen atoms in total. The molecule has 0 atom stereocenters. The van der Waals surface area contributed by atoms with Crippen molar-refractivity contribution in [2.45, 2.75) is 0 Å². The van der Waals surface area contributed by atoms with Gasteiger partial charge in [-0.1, -0.05) is 11.6 Å². The molecule has 100 valence electrons. The fraction of sp³-hybridized carbons (Fsp3) is 0.167. The van der Waals surface area contributed by atoms with Crippen LogP contribution >= 0.6 is 27.5 Å². The second-order valence-electron chi connectivity index (χ2n) is 3.61. The van der Waals surface area contributed by atoms with Crippen molar-refractivity contribution in [1.29, 1.82) is 0 Å². The van der Waals surface area contributed by atoms with E-state index in [1.807, 2.05) is 18.2 Å². The zero-order valence-corrected chi connectivity index (χ0v) is 12.7. The minimum absolute atomic E-state index is 0.445. The van der Waals surface area contributed by atoms with E-state index in [9.17, 15) is 0 Å². The van der Waals surface area contributed by atoms with Crippen LogP contribution in [0.25, 0.3) is 0 Å². The van der Waals surface area contributed by atoms with Crippen molar-refractivity contribution in [3.05, 3.63) is 33.9 Å². The number of aromatic nitrogens is 2. The molecule has 0 saturated heterocycles. The summed E-state index contributed by atoms with van der Waals surface area (Å²) in [5.74, 6) is 1.75. The van der Waals surface area contributed by atoms with Gasteiger partial charge in [-0.2, -0.15) is 4.98 Å². The van der Waals surface area contributed by atoms with Crippen LogP contribution in [0, 0.1) is 0 Å². The lowest BCUT2D eigenvalue weighted by Crippen LogP contribution is -2.01. The number of rotatable bonds is 4. The maximum absolute atomic E-state index is 6.05. The van der Waals surface area contributed by atoms with E-state index in [1.54, 1.807) is 20.4 Å². The van der Waals surface area contributed by atoms with Crippen molar-refractivity contribution in [3.63, 3.8) is 0 Å². The number of benzene rings is 1. The molecule has 0 amide bonds. The quantitative estimate of drug-likeness (QED) is 0.886. The van der Waals surface area contributed by atoms with E-state index in [0.29, 0.717) is 16.8 Å². The number of hydrogen-bond acceptors (Lipinski definition) is 5. The van der Waals surface area contributed by atoms with Crippen LogP contribution in [0.5, 0.6) is 5.75 Å². The summed E-state index contributed by atoms with van der Waals surface area (Å²) >= 11 is 9.45. The first kappa shape index (κ1) is 13.9. The Morgan fingerprint density at radius 2 is 2.16 bits per heavy atom. The highest BCUT2D eigenvalue weighted by Crippen LogP contribution is 2.30. The summed E-state index contributed by atoms with van der Waals surface area (Å²) in [6.45, 7) is 0. The molecular weight excluding hydrogens is 332 g/mol. The Balaban J connectivity index is 2.30. The Kier molecular flexibility index (Phi) is 4.44. The number of hydrogen-bond donors (Lipinski definition) is 2. The molecule has 0 fully saturated rings. The summed E-state index contributed by atoms with van der Waals surface area (Å²) in [5, 5.41) is 6.43. The molecule has 1 aromatic heterocycles. The zero-order chi connectivity index (χ0) is 13.8. The van der Waals surface area contributed by atoms with Gasteiger partial charge < -0.3 is 15.4 Å². The van der Waals surface area contributed by atoms with Gasteiger partial charge in [-0.05, 0) is 28.1 Å². The van der Waals surface area contributed by atoms with Gasteiger partial charge in [0.05, 0.1) is 17.8 Å². The van der Waals surface area contributed by atoms with Gasteiger partial charge in [0.25, 0.3) is 0 Å². The van der Waals surface area contributed by atoms with Gasteiger partial charge in [0.15, 0.2) is 5.82 Å². The standard InChI is InChI=1S/C12H12BrClN4O/c1-15-12-16-6-9(14)11(18-12)17-7-3-4-8(13)10(5-7)19-2/h3-6H,1-2H3,(H2,15,16,17,18). The summed E-state index contributed by atoms with van der Waals surface area (Å²) in [7, 11) is 3.36. The molecule has 1 heterocycles. The highest BCUT2D eigenvalue weighted by molar-refractivity contribution is 9.10. The van der Waals surface area contributed by atoms with Crippen molar-refractivity contribution in [1.82, 2.24) is 9.97 Å². The second-order valence-corrected chi connectivity index (χ2v) is 4.88. The van der Waals surface area contributed by atoms with Gasteiger partial charge in [0.2, 0.25) is 5.95 Å². The van der Waals surface area contributed by atoms with Crippen LogP contribution in [0.2, 0.25) is 5.02 Å². The van der Waals surface area contributed by atoms with Crippen molar-refractivity contribution >= 4 is 45.0 Å². The third kappa shape index (κ3) is 3.27. The monoisotopic (exact) mass is 342 g/mol. The fourth-order valence-corrected chi connectivity index (χ4v) is 2.00. The van der Waals surface area contributed by atoms with Gasteiger partial charge in [-0.15, -0.1) is 0 Å². The van der Waals surface area contributed by atoms with E-state index in [0.717, 1.165) is 15.9 Å². The maximum Gasteiger partial charge on any atom is 0.224 e. The first-order valence-electron chi connectivity index (χ1n) is 5.45. The maximum atomic E-state index is 6.05. The van der Waals surface area contributed by atoms with Gasteiger partial charge in [0, 0.05) is 18.8 Å². The molecule has 2 N–H and O–H groups in total. The molecule has 0 aliphatic carbocycles. The predicted octanol–water partition coefficient (Wildman–Crippen LogP) is 3.69. The number of halogens is 2. The van der Waals surface area contributed by atoms with E-state index < -0.39 is 0 Å². The molecule has 19 heavy (non-hydrogen) atoms. The van der Waals surface area contributed by atoms with Crippen LogP contribution in [0.15, 0.2) is 28.9 Å². The first-order chi connectivity index (χ1) is 9.13. The van der Waals surface area contributed by atoms with Gasteiger partial charge in [0.1, 0.15) is 10.8 Å². The van der Waals surface area contributed by atoms with Crippen LogP contribution in [-0.4, -0.2) is 24.1 Å². The molecule has 7 heteroatoms. The highest BCUT2D eigenvalue weighted by atomic mass is 79.9. The molecule has 0 unspecified atom stereocenters. The largest absolute Gasteiger partial charge is 0.495 e. The van der Waals surface area contributed by atoms with Crippen molar-refractivity contribution < 1.29 is 4.74 Å². The van der Waals surface area contributed by atoms with Crippen LogP contribution in [-0.2, 0) is 0 Å². The Morgan fingerprint density at radius 1 is 1.37 bits per heavy atom. The summed E-state index contributed by atoms with van der Waals surface area (Å²) in [6, 6.07) is 5.63. The number of anilines is 3. The minimum atomic E-state index is 0.445. The topological polar surface area (TPSA) is 59.1 Å². The third-order valence-corrected chi connectivity index (χ3v) is 3.31. The Labute approximate surface area is 124 Å². The van der Waals surface area contributed by atoms with E-state index in [4.69, 9.17) is 16.3 Å². The number of methoxy groups -OCH3 is 1. The molecule has 2 rings (SSSR count). The number of nitrogens with one attached hydrogen (secondary N) is 2. The lowest BCUT2D eigenvalue weighted by Gasteiger charge is -2.10. The molecule has 1 aromatic carbocycles. The minimum Gasteiger partial charge on any atom is -0.495 e. The molecular formula is C12H12BrClN4O. The fourth-order valence-electron chi connectivity index (χ4n) is 1.45. The summed E-state index contributed by atoms with van der Waals surface area (Å²) < 4.78 is 6.11. The van der Waals surface area contributed by atoms with E-state index in [1.165, 1.54) is 0 Å². The SMILES string of the molecule is CNc1ncc(Cl)c(Nc2ccc(Br)c(OC)c2)n1. The average molecular weight is 344 g/mol. The molecule has 0 bridgehead atoms.